The first-order chi connectivity index (χ1) is 28.0. The van der Waals surface area contributed by atoms with Crippen LogP contribution in [0.5, 0.6) is 11.5 Å². The zero-order chi connectivity index (χ0) is 42.7. The summed E-state index contributed by atoms with van der Waals surface area (Å²) in [5, 5.41) is 6.09. The van der Waals surface area contributed by atoms with Gasteiger partial charge in [-0.15, -0.1) is 6.58 Å². The molecule has 2 fully saturated rings. The van der Waals surface area contributed by atoms with E-state index in [1.165, 1.54) is 25.1 Å². The quantitative estimate of drug-likeness (QED) is 0.152. The number of pyridine rings is 1. The molecule has 312 valence electrons. The second kappa shape index (κ2) is 17.1. The fourth-order valence-electron chi connectivity index (χ4n) is 7.25. The van der Waals surface area contributed by atoms with Crippen LogP contribution < -0.4 is 24.8 Å². The van der Waals surface area contributed by atoms with Crippen LogP contribution in [0.4, 0.5) is 4.79 Å². The van der Waals surface area contributed by atoms with Crippen LogP contribution in [0.1, 0.15) is 39.2 Å². The number of methoxy groups -OCH3 is 2. The first kappa shape index (κ1) is 42.6. The Labute approximate surface area is 344 Å². The molecule has 2 aliphatic rings. The van der Waals surface area contributed by atoms with Crippen molar-refractivity contribution in [2.75, 3.05) is 27.8 Å². The van der Waals surface area contributed by atoms with Gasteiger partial charge in [-0.3, -0.25) is 14.4 Å². The maximum Gasteiger partial charge on any atom is 0.407 e. The number of benzene rings is 3. The summed E-state index contributed by atoms with van der Waals surface area (Å²) in [6, 6.07) is 23.3. The zero-order valence-corrected chi connectivity index (χ0v) is 34.7. The molecule has 1 unspecified atom stereocenters. The Bertz CT molecular complexity index is 2340. The Hall–Kier alpha value is -6.00. The monoisotopic (exact) mass is 826 g/mol. The Morgan fingerprint density at radius 3 is 2.31 bits per heavy atom. The number of carbonyl (C=O) groups is 4. The number of alkyl carbamates (subject to hydrolysis) is 1. The Balaban J connectivity index is 1.31. The van der Waals surface area contributed by atoms with Crippen molar-refractivity contribution in [2.45, 2.75) is 63.9 Å². The van der Waals surface area contributed by atoms with E-state index in [9.17, 15) is 27.6 Å². The molecule has 16 heteroatoms. The van der Waals surface area contributed by atoms with Gasteiger partial charge in [0.1, 0.15) is 35.2 Å². The molecule has 4 amide bonds. The predicted molar refractivity (Wildman–Crippen MR) is 221 cm³/mol. The van der Waals surface area contributed by atoms with Crippen LogP contribution in [-0.4, -0.2) is 98.0 Å². The maximum absolute atomic E-state index is 14.5. The summed E-state index contributed by atoms with van der Waals surface area (Å²) in [6.07, 6.45) is -0.0410. The first-order valence-electron chi connectivity index (χ1n) is 19.1. The van der Waals surface area contributed by atoms with E-state index in [2.05, 4.69) is 21.9 Å². The predicted octanol–water partition coefficient (Wildman–Crippen LogP) is 4.58. The van der Waals surface area contributed by atoms with Gasteiger partial charge in [0.25, 0.3) is 5.91 Å². The van der Waals surface area contributed by atoms with Crippen LogP contribution in [0.15, 0.2) is 97.6 Å². The number of hydrogen-bond acceptors (Lipinski definition) is 10. The minimum absolute atomic E-state index is 0.00403. The molecule has 4 aromatic rings. The molecule has 2 heterocycles. The number of carbonyl (C=O) groups excluding carboxylic acids is 4. The van der Waals surface area contributed by atoms with Crippen molar-refractivity contribution >= 4 is 44.9 Å². The highest BCUT2D eigenvalue weighted by Gasteiger charge is 2.61. The van der Waals surface area contributed by atoms with Gasteiger partial charge in [-0.1, -0.05) is 87.5 Å². The smallest absolute Gasteiger partial charge is 0.407 e. The van der Waals surface area contributed by atoms with Gasteiger partial charge in [0.05, 0.1) is 32.0 Å². The lowest BCUT2D eigenvalue weighted by Crippen LogP contribution is -2.60. The fraction of sp³-hybridized carbons (Fsp3) is 0.372. The fourth-order valence-corrected chi connectivity index (χ4v) is 8.14. The SMILES string of the molecule is C=CC1C[C@]1(NC(=O)[C@@H]1C[C@@H](Oc2cc(-c3ccccc3)nc3cc(OC)ccc23)CN1C(=O)[C@@H](NC(=O)OC)C(C)(C)C)C(=O)NS(=O)(=O)N(C)Cc1ccccc1. The van der Waals surface area contributed by atoms with Crippen molar-refractivity contribution in [3.05, 3.63) is 103 Å². The molecule has 59 heavy (non-hydrogen) atoms. The highest BCUT2D eigenvalue weighted by Crippen LogP contribution is 2.45. The summed E-state index contributed by atoms with van der Waals surface area (Å²) in [6.45, 7) is 9.02. The van der Waals surface area contributed by atoms with Crippen molar-refractivity contribution in [2.24, 2.45) is 11.3 Å². The second-order valence-corrected chi connectivity index (χ2v) is 17.6. The number of nitrogens with zero attached hydrogens (tertiary/aromatic N) is 3. The lowest BCUT2D eigenvalue weighted by molar-refractivity contribution is -0.142. The minimum Gasteiger partial charge on any atom is -0.497 e. The summed E-state index contributed by atoms with van der Waals surface area (Å²) in [5.74, 6) is -1.79. The van der Waals surface area contributed by atoms with E-state index in [1.807, 2.05) is 42.5 Å². The van der Waals surface area contributed by atoms with Crippen LogP contribution in [0, 0.1) is 11.3 Å². The number of aromatic nitrogens is 1. The van der Waals surface area contributed by atoms with Gasteiger partial charge in [0.15, 0.2) is 0 Å². The molecular formula is C43H50N6O9S. The molecule has 0 spiro atoms. The van der Waals surface area contributed by atoms with E-state index >= 15 is 0 Å². The van der Waals surface area contributed by atoms with Gasteiger partial charge in [0.2, 0.25) is 11.8 Å². The van der Waals surface area contributed by atoms with Gasteiger partial charge < -0.3 is 29.7 Å². The number of hydrogen-bond donors (Lipinski definition) is 3. The van der Waals surface area contributed by atoms with Crippen molar-refractivity contribution in [3.8, 4) is 22.8 Å². The molecule has 15 nitrogen and oxygen atoms in total. The summed E-state index contributed by atoms with van der Waals surface area (Å²) >= 11 is 0. The van der Waals surface area contributed by atoms with Gasteiger partial charge in [0, 0.05) is 49.0 Å². The normalized spacial score (nSPS) is 20.7. The number of nitrogens with one attached hydrogen (secondary N) is 3. The van der Waals surface area contributed by atoms with Crippen molar-refractivity contribution in [1.29, 1.82) is 0 Å². The lowest BCUT2D eigenvalue weighted by Gasteiger charge is -2.35. The van der Waals surface area contributed by atoms with E-state index in [4.69, 9.17) is 19.2 Å². The molecule has 1 saturated heterocycles. The Morgan fingerprint density at radius 2 is 1.69 bits per heavy atom. The average molecular weight is 827 g/mol. The van der Waals surface area contributed by atoms with Crippen LogP contribution in [0.2, 0.25) is 0 Å². The molecule has 6 rings (SSSR count). The van der Waals surface area contributed by atoms with E-state index in [-0.39, 0.29) is 25.9 Å². The largest absolute Gasteiger partial charge is 0.497 e. The third-order valence-corrected chi connectivity index (χ3v) is 12.1. The van der Waals surface area contributed by atoms with Gasteiger partial charge >= 0.3 is 16.3 Å². The number of rotatable bonds is 14. The summed E-state index contributed by atoms with van der Waals surface area (Å²) in [5.41, 5.74) is 0.270. The van der Waals surface area contributed by atoms with Gasteiger partial charge in [-0.25, -0.2) is 14.5 Å². The number of ether oxygens (including phenoxy) is 3. The van der Waals surface area contributed by atoms with Gasteiger partial charge in [-0.05, 0) is 29.5 Å². The highest BCUT2D eigenvalue weighted by atomic mass is 32.2. The van der Waals surface area contributed by atoms with Crippen LogP contribution in [0.25, 0.3) is 22.2 Å². The summed E-state index contributed by atoms with van der Waals surface area (Å²) < 4.78 is 46.9. The summed E-state index contributed by atoms with van der Waals surface area (Å²) in [4.78, 5) is 61.7. The minimum atomic E-state index is -4.34. The third kappa shape index (κ3) is 9.34. The Kier molecular flexibility index (Phi) is 12.3. The average Bonchev–Trinajstić information content (AvgIpc) is 3.78. The molecule has 1 aromatic heterocycles. The van der Waals surface area contributed by atoms with E-state index < -0.39 is 69.1 Å². The molecule has 1 aliphatic carbocycles. The first-order valence-corrected chi connectivity index (χ1v) is 20.6. The number of likely N-dealkylation sites (tertiary alicyclic amines) is 1. The molecule has 1 saturated carbocycles. The second-order valence-electron chi connectivity index (χ2n) is 15.9. The molecule has 5 atom stereocenters. The zero-order valence-electron chi connectivity index (χ0n) is 33.9. The molecule has 3 N–H and O–H groups in total. The summed E-state index contributed by atoms with van der Waals surface area (Å²) in [7, 11) is -0.259. The highest BCUT2D eigenvalue weighted by molar-refractivity contribution is 7.87. The molecule has 1 aliphatic heterocycles. The Morgan fingerprint density at radius 1 is 1.02 bits per heavy atom. The van der Waals surface area contributed by atoms with E-state index in [0.29, 0.717) is 33.7 Å². The van der Waals surface area contributed by atoms with Crippen molar-refractivity contribution in [3.63, 3.8) is 0 Å². The lowest BCUT2D eigenvalue weighted by atomic mass is 9.85. The third-order valence-electron chi connectivity index (χ3n) is 10.7. The van der Waals surface area contributed by atoms with Crippen molar-refractivity contribution in [1.82, 2.24) is 29.5 Å². The van der Waals surface area contributed by atoms with Crippen LogP contribution >= 0.6 is 0 Å². The molecule has 0 bridgehead atoms. The van der Waals surface area contributed by atoms with Gasteiger partial charge in [-0.2, -0.15) is 12.7 Å². The standard InChI is InChI=1S/C43H50N6O9S/c1-8-29-24-43(29,40(52)47-59(54,55)48(5)25-27-15-11-9-12-16-27)46-38(50)35-22-31(26-49(35)39(51)37(42(2,3)4)45-41(53)57-7)58-36-23-33(28-17-13-10-14-18-28)44-34-21-30(56-6)19-20-32(34)36/h8-21,23,29,31,35,37H,1,22,24-26H2,2-7H3,(H,45,53)(H,46,50)(H,47,52)/t29?,31-,35+,37-,43-/m1/s1. The molecular weight excluding hydrogens is 777 g/mol. The molecule has 3 aromatic carbocycles. The van der Waals surface area contributed by atoms with Crippen molar-refractivity contribution < 1.29 is 41.8 Å². The number of amides is 4. The number of fused-ring (bicyclic) bond motifs is 1. The maximum atomic E-state index is 14.5. The van der Waals surface area contributed by atoms with E-state index in [0.717, 1.165) is 9.87 Å². The van der Waals surface area contributed by atoms with E-state index in [1.54, 1.807) is 70.3 Å². The topological polar surface area (TPSA) is 186 Å². The van der Waals surface area contributed by atoms with Crippen LogP contribution in [0.3, 0.4) is 0 Å². The molecule has 0 radical (unpaired) electrons. The van der Waals surface area contributed by atoms with Crippen LogP contribution in [-0.2, 0) is 35.9 Å².